The predicted molar refractivity (Wildman–Crippen MR) is 64.0 cm³/mol. The standard InChI is InChI=1S/C6H12N4.3HNO2.3Na/c1-7-2-9-4-8(1)5-10(3-7)6-9;3*2-1-3;;;/h1-6H2;3*(H,2,3);;;/q;;;;3*+1/p-3. The van der Waals surface area contributed by atoms with Gasteiger partial charge in [-0.2, -0.15) is 0 Å². The van der Waals surface area contributed by atoms with Crippen molar-refractivity contribution in [3.63, 3.8) is 0 Å². The second-order valence-corrected chi connectivity index (χ2v) is 3.76. The van der Waals surface area contributed by atoms with Crippen molar-refractivity contribution in [3.05, 3.63) is 30.3 Å². The molecule has 4 rings (SSSR count). The summed E-state index contributed by atoms with van der Waals surface area (Å²) in [5.74, 6) is 0. The van der Waals surface area contributed by atoms with Crippen molar-refractivity contribution in [2.45, 2.75) is 0 Å². The van der Waals surface area contributed by atoms with Crippen LogP contribution in [0, 0.1) is 30.3 Å². The van der Waals surface area contributed by atoms with E-state index in [2.05, 4.69) is 19.6 Å². The van der Waals surface area contributed by atoms with Crippen LogP contribution in [0.4, 0.5) is 0 Å². The van der Waals surface area contributed by atoms with Crippen LogP contribution in [0.25, 0.3) is 0 Å². The Balaban J connectivity index is -0.000000118. The maximum Gasteiger partial charge on any atom is 1.00 e. The summed E-state index contributed by atoms with van der Waals surface area (Å²) >= 11 is 0. The van der Waals surface area contributed by atoms with Gasteiger partial charge in [-0.25, -0.2) is 0 Å². The number of hydrogen-bond acceptors (Lipinski definition) is 13. The molecule has 0 N–H and O–H groups in total. The fraction of sp³-hybridized carbons (Fsp3) is 1.00. The molecule has 0 spiro atoms. The SMILES string of the molecule is C1N2CN3CN1CN(C2)C3.O=N[O-].O=N[O-].O=N[O-].[Na+].[Na+].[Na+]. The fourth-order valence-electron chi connectivity index (χ4n) is 2.23. The van der Waals surface area contributed by atoms with Gasteiger partial charge in [-0.3, -0.25) is 19.6 Å². The Kier molecular flexibility index (Phi) is 28.2. The molecule has 16 heteroatoms. The van der Waals surface area contributed by atoms with Gasteiger partial charge in [0.05, 0.1) is 40.0 Å². The zero-order valence-electron chi connectivity index (χ0n) is 12.8. The molecule has 22 heavy (non-hydrogen) atoms. The van der Waals surface area contributed by atoms with E-state index < -0.39 is 0 Å². The Bertz CT molecular complexity index is 221. The summed E-state index contributed by atoms with van der Waals surface area (Å²) in [6.45, 7) is 7.12. The molecule has 4 aliphatic heterocycles. The topological polar surface area (TPSA) is 170 Å². The van der Waals surface area contributed by atoms with E-state index in [1.54, 1.807) is 0 Å². The van der Waals surface area contributed by atoms with Crippen LogP contribution < -0.4 is 88.7 Å². The van der Waals surface area contributed by atoms with Gasteiger partial charge >= 0.3 is 88.7 Å². The van der Waals surface area contributed by atoms with Crippen molar-refractivity contribution in [1.29, 1.82) is 0 Å². The molecule has 0 aromatic carbocycles. The quantitative estimate of drug-likeness (QED) is 0.233. The van der Waals surface area contributed by atoms with E-state index in [1.165, 1.54) is 40.0 Å². The molecule has 0 atom stereocenters. The minimum atomic E-state index is 0. The van der Waals surface area contributed by atoms with Gasteiger partial charge in [-0.15, -0.1) is 16.0 Å². The summed E-state index contributed by atoms with van der Waals surface area (Å²) in [5, 5.41) is 27.0. The van der Waals surface area contributed by atoms with Gasteiger partial charge < -0.3 is 30.3 Å². The van der Waals surface area contributed by atoms with Crippen LogP contribution in [0.5, 0.6) is 0 Å². The number of hydrogen-bond donors (Lipinski definition) is 0. The maximum atomic E-state index is 8.00. The van der Waals surface area contributed by atoms with Gasteiger partial charge in [0, 0.05) is 0 Å². The molecule has 0 radical (unpaired) electrons. The van der Waals surface area contributed by atoms with Crippen LogP contribution in [-0.2, 0) is 0 Å². The van der Waals surface area contributed by atoms with E-state index in [0.717, 1.165) is 16.0 Å². The molecule has 4 heterocycles. The van der Waals surface area contributed by atoms with Crippen molar-refractivity contribution in [2.75, 3.05) is 40.0 Å². The summed E-state index contributed by atoms with van der Waals surface area (Å²) in [6.07, 6.45) is 0. The molecule has 0 aliphatic carbocycles. The first kappa shape index (κ1) is 30.9. The van der Waals surface area contributed by atoms with Gasteiger partial charge in [0.1, 0.15) is 0 Å². The third-order valence-corrected chi connectivity index (χ3v) is 2.40. The van der Waals surface area contributed by atoms with E-state index in [1.807, 2.05) is 0 Å². The average molecular weight is 347 g/mol. The summed E-state index contributed by atoms with van der Waals surface area (Å²) in [5.41, 5.74) is 0. The molecule has 110 valence electrons. The summed E-state index contributed by atoms with van der Waals surface area (Å²) < 4.78 is 0. The molecule has 4 fully saturated rings. The van der Waals surface area contributed by atoms with Crippen LogP contribution in [0.3, 0.4) is 0 Å². The molecular formula is C6H12N7Na3O6. The molecule has 4 aliphatic rings. The number of rotatable bonds is 0. The minimum Gasteiger partial charge on any atom is -0.444 e. The zero-order valence-corrected chi connectivity index (χ0v) is 18.8. The first-order valence-corrected chi connectivity index (χ1v) is 4.89. The normalized spacial score (nSPS) is 27.8. The molecular weight excluding hydrogens is 335 g/mol. The largest absolute Gasteiger partial charge is 1.00 e. The monoisotopic (exact) mass is 347 g/mol. The van der Waals surface area contributed by atoms with Crippen LogP contribution in [0.1, 0.15) is 0 Å². The fourth-order valence-corrected chi connectivity index (χ4v) is 2.23. The molecule has 0 aromatic rings. The Morgan fingerprint density at radius 3 is 0.682 bits per heavy atom. The van der Waals surface area contributed by atoms with Crippen LogP contribution in [-0.4, -0.2) is 59.6 Å². The van der Waals surface area contributed by atoms with Gasteiger partial charge in [-0.1, -0.05) is 0 Å². The minimum absolute atomic E-state index is 0. The van der Waals surface area contributed by atoms with E-state index in [0.29, 0.717) is 0 Å². The molecule has 0 aromatic heterocycles. The van der Waals surface area contributed by atoms with Crippen molar-refractivity contribution in [2.24, 2.45) is 16.0 Å². The average Bonchev–Trinajstić information content (AvgIpc) is 2.29. The van der Waals surface area contributed by atoms with Gasteiger partial charge in [0.15, 0.2) is 0 Å². The zero-order chi connectivity index (χ0) is 14.7. The van der Waals surface area contributed by atoms with Crippen molar-refractivity contribution < 1.29 is 88.7 Å². The first-order chi connectivity index (χ1) is 9.14. The van der Waals surface area contributed by atoms with E-state index in [9.17, 15) is 0 Å². The Morgan fingerprint density at radius 1 is 0.500 bits per heavy atom. The molecule has 0 saturated carbocycles. The first-order valence-electron chi connectivity index (χ1n) is 4.89. The second-order valence-electron chi connectivity index (χ2n) is 3.76. The van der Waals surface area contributed by atoms with Gasteiger partial charge in [0.2, 0.25) is 0 Å². The smallest absolute Gasteiger partial charge is 0.444 e. The van der Waals surface area contributed by atoms with Crippen molar-refractivity contribution in [1.82, 2.24) is 19.6 Å². The second kappa shape index (κ2) is 20.1. The van der Waals surface area contributed by atoms with Crippen LogP contribution >= 0.6 is 0 Å². The molecule has 4 saturated heterocycles. The molecule has 0 unspecified atom stereocenters. The van der Waals surface area contributed by atoms with Gasteiger partial charge in [0.25, 0.3) is 0 Å². The summed E-state index contributed by atoms with van der Waals surface area (Å²) in [4.78, 5) is 33.9. The van der Waals surface area contributed by atoms with Crippen molar-refractivity contribution >= 4 is 0 Å². The maximum absolute atomic E-state index is 8.00. The molecule has 4 bridgehead atoms. The van der Waals surface area contributed by atoms with Crippen LogP contribution in [0.15, 0.2) is 16.0 Å². The Hall–Kier alpha value is 1.04. The van der Waals surface area contributed by atoms with E-state index in [4.69, 9.17) is 30.3 Å². The Labute approximate surface area is 192 Å². The van der Waals surface area contributed by atoms with Gasteiger partial charge in [-0.05, 0) is 0 Å². The number of nitrogens with zero attached hydrogens (tertiary/aromatic N) is 7. The summed E-state index contributed by atoms with van der Waals surface area (Å²) in [6, 6.07) is 0. The third-order valence-electron chi connectivity index (χ3n) is 2.40. The Morgan fingerprint density at radius 2 is 0.591 bits per heavy atom. The van der Waals surface area contributed by atoms with E-state index in [-0.39, 0.29) is 88.7 Å². The van der Waals surface area contributed by atoms with E-state index >= 15 is 0 Å². The summed E-state index contributed by atoms with van der Waals surface area (Å²) in [7, 11) is 0. The molecule has 0 amide bonds. The van der Waals surface area contributed by atoms with Crippen molar-refractivity contribution in [3.8, 4) is 0 Å². The van der Waals surface area contributed by atoms with Crippen LogP contribution in [0.2, 0.25) is 0 Å². The predicted octanol–water partition coefficient (Wildman–Crippen LogP) is -9.26. The third kappa shape index (κ3) is 13.5. The molecule has 13 nitrogen and oxygen atoms in total.